The monoisotopic (exact) mass is 448 g/mol. The van der Waals surface area contributed by atoms with Gasteiger partial charge >= 0.3 is 5.97 Å². The van der Waals surface area contributed by atoms with E-state index in [2.05, 4.69) is 13.0 Å². The molecule has 1 N–H and O–H groups in total. The Balaban J connectivity index is 1.81. The number of thioether (sulfide) groups is 1. The highest BCUT2D eigenvalue weighted by Crippen LogP contribution is 2.61. The maximum Gasteiger partial charge on any atom is 0.311 e. The number of carbonyl (C=O) groups excluding carboxylic acids is 3. The van der Waals surface area contributed by atoms with Crippen LogP contribution in [0.5, 0.6) is 0 Å². The molecular weight excluding hydrogens is 416 g/mol. The quantitative estimate of drug-likeness (QED) is 0.509. The molecule has 0 radical (unpaired) electrons. The van der Waals surface area contributed by atoms with Gasteiger partial charge in [-0.25, -0.2) is 0 Å². The number of aliphatic hydroxyl groups excluding tert-OH is 1. The van der Waals surface area contributed by atoms with Crippen LogP contribution in [0.25, 0.3) is 0 Å². The number of ether oxygens (including phenoxy) is 1. The van der Waals surface area contributed by atoms with Crippen LogP contribution in [-0.4, -0.2) is 81.1 Å². The van der Waals surface area contributed by atoms with Crippen molar-refractivity contribution in [3.63, 3.8) is 0 Å². The lowest BCUT2D eigenvalue weighted by Crippen LogP contribution is -2.56. The summed E-state index contributed by atoms with van der Waals surface area (Å²) in [4.78, 5) is 44.0. The number of amides is 2. The Morgan fingerprint density at radius 1 is 1.29 bits per heavy atom. The molecule has 31 heavy (non-hydrogen) atoms. The largest absolute Gasteiger partial charge is 0.465 e. The maximum absolute atomic E-state index is 13.8. The number of carbonyl (C=O) groups is 3. The minimum atomic E-state index is -0.837. The van der Waals surface area contributed by atoms with E-state index in [1.54, 1.807) is 23.6 Å². The number of nitrogens with zero attached hydrogens (tertiary/aromatic N) is 2. The lowest BCUT2D eigenvalue weighted by atomic mass is 9.78. The molecule has 7 nitrogen and oxygen atoms in total. The smallest absolute Gasteiger partial charge is 0.311 e. The van der Waals surface area contributed by atoms with Crippen molar-refractivity contribution in [2.75, 3.05) is 26.3 Å². The van der Waals surface area contributed by atoms with Gasteiger partial charge in [-0.15, -0.1) is 11.8 Å². The third-order valence-electron chi connectivity index (χ3n) is 6.89. The second kappa shape index (κ2) is 8.98. The van der Waals surface area contributed by atoms with E-state index in [-0.39, 0.29) is 29.6 Å². The van der Waals surface area contributed by atoms with Gasteiger partial charge in [0.1, 0.15) is 6.04 Å². The summed E-state index contributed by atoms with van der Waals surface area (Å²) in [6, 6.07) is -1.24. The van der Waals surface area contributed by atoms with Gasteiger partial charge in [0.15, 0.2) is 0 Å². The minimum absolute atomic E-state index is 0.0917. The zero-order valence-electron chi connectivity index (χ0n) is 18.2. The van der Waals surface area contributed by atoms with Crippen molar-refractivity contribution >= 4 is 29.5 Å². The topological polar surface area (TPSA) is 87.2 Å². The van der Waals surface area contributed by atoms with E-state index in [1.165, 1.54) is 0 Å². The second-order valence-electron chi connectivity index (χ2n) is 8.90. The van der Waals surface area contributed by atoms with E-state index in [0.29, 0.717) is 19.7 Å². The van der Waals surface area contributed by atoms with Crippen molar-refractivity contribution in [3.05, 3.63) is 24.3 Å². The van der Waals surface area contributed by atoms with Crippen LogP contribution < -0.4 is 0 Å². The first-order valence-corrected chi connectivity index (χ1v) is 12.2. The van der Waals surface area contributed by atoms with Gasteiger partial charge in [-0.05, 0) is 26.2 Å². The number of hydrogen-bond acceptors (Lipinski definition) is 6. The average molecular weight is 449 g/mol. The molecule has 4 aliphatic rings. The molecule has 0 aromatic carbocycles. The first-order chi connectivity index (χ1) is 15.0. The van der Waals surface area contributed by atoms with E-state index in [1.807, 2.05) is 23.1 Å². The van der Waals surface area contributed by atoms with Crippen molar-refractivity contribution in [3.8, 4) is 0 Å². The lowest BCUT2D eigenvalue weighted by molar-refractivity contribution is -0.153. The Morgan fingerprint density at radius 2 is 2.10 bits per heavy atom. The van der Waals surface area contributed by atoms with Gasteiger partial charge in [0.05, 0.1) is 35.8 Å². The number of likely N-dealkylation sites (tertiary alicyclic amines) is 1. The number of hydrogen-bond donors (Lipinski definition) is 1. The standard InChI is InChI=1S/C23H32N2O5S/c1-3-4-11-24-12-8-10-23-18(20(27)25(15(2)14-26)19(23)21(24)28)17-16(31-23)9-6-5-7-13-30-22(17)29/h6,8-10,15-19,26H,3-5,7,11-14H2,1-2H3/b9-6-/t15-,16-,17+,18+,19?,23+/m1/s1. The number of aliphatic hydroxyl groups is 1. The third-order valence-corrected chi connectivity index (χ3v) is 8.64. The predicted molar refractivity (Wildman–Crippen MR) is 118 cm³/mol. The molecule has 8 heteroatoms. The van der Waals surface area contributed by atoms with E-state index >= 15 is 0 Å². The fourth-order valence-corrected chi connectivity index (χ4v) is 7.34. The fourth-order valence-electron chi connectivity index (χ4n) is 5.35. The Bertz CT molecular complexity index is 799. The Hall–Kier alpha value is -1.80. The summed E-state index contributed by atoms with van der Waals surface area (Å²) in [6.45, 7) is 5.07. The van der Waals surface area contributed by atoms with Crippen LogP contribution in [0.3, 0.4) is 0 Å². The molecule has 0 aliphatic carbocycles. The maximum atomic E-state index is 13.8. The zero-order valence-corrected chi connectivity index (χ0v) is 19.1. The van der Waals surface area contributed by atoms with Crippen LogP contribution in [-0.2, 0) is 19.1 Å². The van der Waals surface area contributed by atoms with Crippen LogP contribution in [0.2, 0.25) is 0 Å². The number of esters is 1. The number of fused-ring (bicyclic) bond motifs is 2. The number of unbranched alkanes of at least 4 members (excludes halogenated alkanes) is 1. The van der Waals surface area contributed by atoms with E-state index in [9.17, 15) is 19.5 Å². The Kier molecular flexibility index (Phi) is 6.49. The first-order valence-electron chi connectivity index (χ1n) is 11.4. The Labute approximate surface area is 187 Å². The van der Waals surface area contributed by atoms with Gasteiger partial charge in [-0.2, -0.15) is 0 Å². The fraction of sp³-hybridized carbons (Fsp3) is 0.696. The molecule has 170 valence electrons. The highest BCUT2D eigenvalue weighted by molar-refractivity contribution is 8.02. The van der Waals surface area contributed by atoms with Crippen molar-refractivity contribution < 1.29 is 24.2 Å². The summed E-state index contributed by atoms with van der Waals surface area (Å²) in [6.07, 6.45) is 11.5. The highest BCUT2D eigenvalue weighted by atomic mass is 32.2. The van der Waals surface area contributed by atoms with E-state index in [4.69, 9.17) is 4.74 Å². The molecule has 0 saturated carbocycles. The summed E-state index contributed by atoms with van der Waals surface area (Å²) in [5.74, 6) is -1.99. The van der Waals surface area contributed by atoms with Gasteiger partial charge in [-0.1, -0.05) is 37.6 Å². The second-order valence-corrected chi connectivity index (χ2v) is 10.4. The number of allylic oxidation sites excluding steroid dienone is 1. The van der Waals surface area contributed by atoms with E-state index < -0.39 is 28.7 Å². The molecule has 0 aromatic heterocycles. The molecule has 4 rings (SSSR count). The molecule has 6 atom stereocenters. The van der Waals surface area contributed by atoms with Crippen LogP contribution in [0, 0.1) is 11.8 Å². The number of rotatable bonds is 5. The van der Waals surface area contributed by atoms with Crippen molar-refractivity contribution in [1.29, 1.82) is 0 Å². The van der Waals surface area contributed by atoms with Crippen molar-refractivity contribution in [1.82, 2.24) is 9.80 Å². The van der Waals surface area contributed by atoms with Gasteiger partial charge in [-0.3, -0.25) is 14.4 Å². The van der Waals surface area contributed by atoms with Gasteiger partial charge < -0.3 is 19.6 Å². The lowest BCUT2D eigenvalue weighted by Gasteiger charge is -2.37. The Morgan fingerprint density at radius 3 is 2.84 bits per heavy atom. The molecule has 1 spiro atoms. The summed E-state index contributed by atoms with van der Waals surface area (Å²) in [5, 5.41) is 9.67. The molecular formula is C23H32N2O5S. The van der Waals surface area contributed by atoms with Gasteiger partial charge in [0, 0.05) is 18.3 Å². The van der Waals surface area contributed by atoms with Crippen LogP contribution >= 0.6 is 11.8 Å². The van der Waals surface area contributed by atoms with Crippen molar-refractivity contribution in [2.45, 2.75) is 61.6 Å². The first kappa shape index (κ1) is 22.4. The minimum Gasteiger partial charge on any atom is -0.465 e. The van der Waals surface area contributed by atoms with Crippen molar-refractivity contribution in [2.24, 2.45) is 11.8 Å². The van der Waals surface area contributed by atoms with Crippen LogP contribution in [0.15, 0.2) is 24.3 Å². The molecule has 1 unspecified atom stereocenters. The summed E-state index contributed by atoms with van der Waals surface area (Å²) in [7, 11) is 0. The predicted octanol–water partition coefficient (Wildman–Crippen LogP) is 1.76. The van der Waals surface area contributed by atoms with Gasteiger partial charge in [0.25, 0.3) is 0 Å². The molecule has 0 bridgehead atoms. The molecule has 4 heterocycles. The summed E-state index contributed by atoms with van der Waals surface area (Å²) in [5.41, 5.74) is 0. The molecule has 0 aromatic rings. The number of cyclic esters (lactones) is 1. The average Bonchev–Trinajstić information content (AvgIpc) is 3.18. The summed E-state index contributed by atoms with van der Waals surface area (Å²) >= 11 is 1.54. The van der Waals surface area contributed by atoms with Crippen LogP contribution in [0.4, 0.5) is 0 Å². The zero-order chi connectivity index (χ0) is 22.2. The van der Waals surface area contributed by atoms with Crippen LogP contribution in [0.1, 0.15) is 39.5 Å². The van der Waals surface area contributed by atoms with E-state index in [0.717, 1.165) is 25.7 Å². The molecule has 2 fully saturated rings. The SMILES string of the molecule is CCCCN1CC=C[C@]23S[C@@H]4/C=C\CCCOC(=O)[C@@H]4[C@H]2C(=O)N([C@H](C)CO)C3C1=O. The molecule has 4 aliphatic heterocycles. The highest BCUT2D eigenvalue weighted by Gasteiger charge is 2.71. The summed E-state index contributed by atoms with van der Waals surface area (Å²) < 4.78 is 4.70. The van der Waals surface area contributed by atoms with Gasteiger partial charge in [0.2, 0.25) is 11.8 Å². The molecule has 2 amide bonds. The third kappa shape index (κ3) is 3.61. The normalized spacial score (nSPS) is 37.2. The molecule has 2 saturated heterocycles.